The number of sulfone groups is 1. The number of nitrogens with zero attached hydrogens (tertiary/aromatic N) is 2. The number of benzene rings is 2. The quantitative estimate of drug-likeness (QED) is 0.546. The van der Waals surface area contributed by atoms with E-state index in [0.717, 1.165) is 6.92 Å². The molecule has 10 heteroatoms. The van der Waals surface area contributed by atoms with Crippen LogP contribution in [0, 0.1) is 5.82 Å². The van der Waals surface area contributed by atoms with Crippen LogP contribution in [-0.4, -0.2) is 37.0 Å². The summed E-state index contributed by atoms with van der Waals surface area (Å²) < 4.78 is 49.4. The van der Waals surface area contributed by atoms with E-state index in [1.54, 1.807) is 16.7 Å². The Morgan fingerprint density at radius 3 is 2.52 bits per heavy atom. The van der Waals surface area contributed by atoms with Crippen LogP contribution in [0.1, 0.15) is 6.92 Å². The molecule has 152 valence electrons. The van der Waals surface area contributed by atoms with Crippen molar-refractivity contribution in [3.05, 3.63) is 59.8 Å². The summed E-state index contributed by atoms with van der Waals surface area (Å²) in [6.45, 7) is 1.13. The van der Waals surface area contributed by atoms with Gasteiger partial charge in [0, 0.05) is 18.2 Å². The van der Waals surface area contributed by atoms with Gasteiger partial charge in [-0.25, -0.2) is 17.8 Å². The maximum absolute atomic E-state index is 13.7. The van der Waals surface area contributed by atoms with Crippen molar-refractivity contribution in [2.45, 2.75) is 11.8 Å². The fourth-order valence-electron chi connectivity index (χ4n) is 2.63. The monoisotopic (exact) mass is 438 g/mol. The molecule has 0 aliphatic rings. The van der Waals surface area contributed by atoms with Crippen molar-refractivity contribution in [2.24, 2.45) is 0 Å². The third-order valence-electron chi connectivity index (χ3n) is 4.04. The highest BCUT2D eigenvalue weighted by Gasteiger charge is 2.18. The summed E-state index contributed by atoms with van der Waals surface area (Å²) in [5, 5.41) is 0.185. The summed E-state index contributed by atoms with van der Waals surface area (Å²) in [4.78, 5) is 14.9. The SMILES string of the molecule is COc1cc(-c2c(Cl)ncn2-c2ccc(S(=O)(=O)COC(C)=O)cc2)ccc1F. The molecule has 3 rings (SSSR count). The summed E-state index contributed by atoms with van der Waals surface area (Å²) in [5.74, 6) is -1.88. The third kappa shape index (κ3) is 4.41. The van der Waals surface area contributed by atoms with Crippen LogP contribution in [0.15, 0.2) is 53.7 Å². The Kier molecular flexibility index (Phi) is 5.90. The minimum Gasteiger partial charge on any atom is -0.494 e. The maximum atomic E-state index is 13.7. The van der Waals surface area contributed by atoms with Crippen LogP contribution in [0.2, 0.25) is 5.15 Å². The molecule has 0 radical (unpaired) electrons. The van der Waals surface area contributed by atoms with E-state index in [0.29, 0.717) is 16.9 Å². The predicted octanol–water partition coefficient (Wildman–Crippen LogP) is 3.63. The Hall–Kier alpha value is -2.91. The standard InChI is InChI=1S/C19H16ClFN2O5S/c1-12(24)28-11-29(25,26)15-6-4-14(5-7-15)23-10-22-19(20)18(23)13-3-8-16(21)17(9-13)27-2/h3-10H,11H2,1-2H3. The van der Waals surface area contributed by atoms with Gasteiger partial charge < -0.3 is 9.47 Å². The summed E-state index contributed by atoms with van der Waals surface area (Å²) in [6, 6.07) is 10.2. The minimum absolute atomic E-state index is 0.00119. The topological polar surface area (TPSA) is 87.5 Å². The van der Waals surface area contributed by atoms with Crippen LogP contribution in [0.3, 0.4) is 0 Å². The number of carbonyl (C=O) groups is 1. The van der Waals surface area contributed by atoms with Crippen molar-refractivity contribution in [1.29, 1.82) is 0 Å². The van der Waals surface area contributed by atoms with Gasteiger partial charge in [-0.2, -0.15) is 0 Å². The van der Waals surface area contributed by atoms with Crippen molar-refractivity contribution >= 4 is 27.4 Å². The zero-order valence-corrected chi connectivity index (χ0v) is 17.0. The van der Waals surface area contributed by atoms with Crippen LogP contribution in [0.4, 0.5) is 4.39 Å². The minimum atomic E-state index is -3.78. The number of esters is 1. The fourth-order valence-corrected chi connectivity index (χ4v) is 3.88. The molecule has 2 aromatic carbocycles. The van der Waals surface area contributed by atoms with E-state index < -0.39 is 27.6 Å². The molecule has 0 amide bonds. The second kappa shape index (κ2) is 8.22. The highest BCUT2D eigenvalue weighted by Crippen LogP contribution is 2.33. The molecule has 0 fully saturated rings. The molecule has 0 unspecified atom stereocenters. The largest absolute Gasteiger partial charge is 0.494 e. The first kappa shape index (κ1) is 20.8. The Morgan fingerprint density at radius 1 is 1.21 bits per heavy atom. The summed E-state index contributed by atoms with van der Waals surface area (Å²) in [6.07, 6.45) is 1.47. The zero-order chi connectivity index (χ0) is 21.2. The number of halogens is 2. The third-order valence-corrected chi connectivity index (χ3v) is 5.73. The lowest BCUT2D eigenvalue weighted by molar-refractivity contribution is -0.138. The van der Waals surface area contributed by atoms with Gasteiger partial charge in [0.1, 0.15) is 6.33 Å². The van der Waals surface area contributed by atoms with E-state index in [1.165, 1.54) is 43.8 Å². The first-order valence-corrected chi connectivity index (χ1v) is 10.3. The molecule has 0 N–H and O–H groups in total. The summed E-state index contributed by atoms with van der Waals surface area (Å²) >= 11 is 6.23. The number of imidazole rings is 1. The molecule has 7 nitrogen and oxygen atoms in total. The van der Waals surface area contributed by atoms with E-state index in [1.807, 2.05) is 0 Å². The van der Waals surface area contributed by atoms with E-state index in [2.05, 4.69) is 9.72 Å². The second-order valence-electron chi connectivity index (χ2n) is 5.97. The zero-order valence-electron chi connectivity index (χ0n) is 15.4. The Balaban J connectivity index is 1.98. The van der Waals surface area contributed by atoms with Gasteiger partial charge in [0.25, 0.3) is 0 Å². The molecule has 0 atom stereocenters. The molecule has 0 spiro atoms. The van der Waals surface area contributed by atoms with Crippen LogP contribution in [0.25, 0.3) is 16.9 Å². The summed E-state index contributed by atoms with van der Waals surface area (Å²) in [7, 11) is -2.42. The molecule has 0 aliphatic heterocycles. The number of rotatable bonds is 6. The Bertz CT molecular complexity index is 1160. The first-order valence-electron chi connectivity index (χ1n) is 8.26. The first-order chi connectivity index (χ1) is 13.7. The lowest BCUT2D eigenvalue weighted by Crippen LogP contribution is -2.12. The van der Waals surface area contributed by atoms with Crippen LogP contribution >= 0.6 is 11.6 Å². The van der Waals surface area contributed by atoms with Crippen molar-refractivity contribution < 1.29 is 27.1 Å². The number of methoxy groups -OCH3 is 1. The highest BCUT2D eigenvalue weighted by molar-refractivity contribution is 7.91. The molecular weight excluding hydrogens is 423 g/mol. The molecule has 1 aromatic heterocycles. The normalized spacial score (nSPS) is 11.3. The van der Waals surface area contributed by atoms with Gasteiger partial charge in [-0.1, -0.05) is 11.6 Å². The number of ether oxygens (including phenoxy) is 2. The van der Waals surface area contributed by atoms with Crippen LogP contribution in [-0.2, 0) is 19.4 Å². The van der Waals surface area contributed by atoms with Gasteiger partial charge >= 0.3 is 5.97 Å². The summed E-state index contributed by atoms with van der Waals surface area (Å²) in [5.41, 5.74) is 1.63. The van der Waals surface area contributed by atoms with Crippen molar-refractivity contribution in [1.82, 2.24) is 9.55 Å². The number of aromatic nitrogens is 2. The average Bonchev–Trinajstić information content (AvgIpc) is 3.08. The van der Waals surface area contributed by atoms with Crippen molar-refractivity contribution in [2.75, 3.05) is 13.0 Å². The molecule has 3 aromatic rings. The molecule has 0 bridgehead atoms. The number of hydrogen-bond donors (Lipinski definition) is 0. The molecule has 29 heavy (non-hydrogen) atoms. The molecule has 1 heterocycles. The fraction of sp³-hybridized carbons (Fsp3) is 0.158. The van der Waals surface area contributed by atoms with Crippen molar-refractivity contribution in [3.8, 4) is 22.7 Å². The van der Waals surface area contributed by atoms with Gasteiger partial charge in [-0.15, -0.1) is 0 Å². The Morgan fingerprint density at radius 2 is 1.90 bits per heavy atom. The molecule has 0 saturated heterocycles. The van der Waals surface area contributed by atoms with Crippen molar-refractivity contribution in [3.63, 3.8) is 0 Å². The van der Waals surface area contributed by atoms with Gasteiger partial charge in [-0.3, -0.25) is 9.36 Å². The maximum Gasteiger partial charge on any atom is 0.303 e. The van der Waals surface area contributed by atoms with Gasteiger partial charge in [-0.05, 0) is 42.5 Å². The van der Waals surface area contributed by atoms with Gasteiger partial charge in [0.15, 0.2) is 22.7 Å². The van der Waals surface area contributed by atoms with Gasteiger partial charge in [0.05, 0.1) is 17.7 Å². The lowest BCUT2D eigenvalue weighted by atomic mass is 10.1. The Labute approximate surface area is 171 Å². The number of carbonyl (C=O) groups excluding carboxylic acids is 1. The van der Waals surface area contributed by atoms with Crippen LogP contribution in [0.5, 0.6) is 5.75 Å². The second-order valence-corrected chi connectivity index (χ2v) is 8.26. The van der Waals surface area contributed by atoms with E-state index in [4.69, 9.17) is 16.3 Å². The van der Waals surface area contributed by atoms with E-state index in [9.17, 15) is 17.6 Å². The average molecular weight is 439 g/mol. The lowest BCUT2D eigenvalue weighted by Gasteiger charge is -2.11. The van der Waals surface area contributed by atoms with Crippen LogP contribution < -0.4 is 4.74 Å². The van der Waals surface area contributed by atoms with Gasteiger partial charge in [0.2, 0.25) is 9.84 Å². The van der Waals surface area contributed by atoms with E-state index in [-0.39, 0.29) is 15.8 Å². The predicted molar refractivity (Wildman–Crippen MR) is 104 cm³/mol. The number of hydrogen-bond acceptors (Lipinski definition) is 6. The van der Waals surface area contributed by atoms with E-state index >= 15 is 0 Å². The smallest absolute Gasteiger partial charge is 0.303 e. The molecule has 0 saturated carbocycles. The highest BCUT2D eigenvalue weighted by atomic mass is 35.5. The molecule has 0 aliphatic carbocycles. The molecular formula is C19H16ClFN2O5S.